The number of nitrogens with zero attached hydrogens (tertiary/aromatic N) is 1. The maximum Gasteiger partial charge on any atom is 0.339 e. The summed E-state index contributed by atoms with van der Waals surface area (Å²) in [4.78, 5) is 26.7. The predicted octanol–water partition coefficient (Wildman–Crippen LogP) is 3.46. The Morgan fingerprint density at radius 1 is 1.28 bits per heavy atom. The molecule has 1 aromatic carbocycles. The second kappa shape index (κ2) is 6.37. The number of aryl methyl sites for hydroxylation is 1. The molecule has 1 atom stereocenters. The van der Waals surface area contributed by atoms with Crippen molar-refractivity contribution in [2.75, 3.05) is 13.1 Å². The van der Waals surface area contributed by atoms with Gasteiger partial charge in [-0.1, -0.05) is 18.2 Å². The van der Waals surface area contributed by atoms with Crippen LogP contribution in [-0.2, 0) is 0 Å². The highest BCUT2D eigenvalue weighted by Crippen LogP contribution is 2.28. The molecule has 3 heterocycles. The molecule has 128 valence electrons. The highest BCUT2D eigenvalue weighted by molar-refractivity contribution is 7.20. The third-order valence-electron chi connectivity index (χ3n) is 4.24. The summed E-state index contributed by atoms with van der Waals surface area (Å²) in [6.07, 6.45) is 0.634. The number of rotatable bonds is 3. The van der Waals surface area contributed by atoms with Crippen LogP contribution in [0.1, 0.15) is 21.9 Å². The molecule has 0 spiro atoms. The maximum absolute atomic E-state index is 12.7. The first-order chi connectivity index (χ1) is 12.1. The van der Waals surface area contributed by atoms with Gasteiger partial charge < -0.3 is 14.1 Å². The summed E-state index contributed by atoms with van der Waals surface area (Å²) in [7, 11) is 0. The van der Waals surface area contributed by atoms with E-state index in [1.807, 2.05) is 35.2 Å². The van der Waals surface area contributed by atoms with Crippen LogP contribution < -0.4 is 10.4 Å². The first-order valence-electron chi connectivity index (χ1n) is 8.15. The number of thiophene rings is 1. The van der Waals surface area contributed by atoms with Gasteiger partial charge in [0.15, 0.2) is 0 Å². The van der Waals surface area contributed by atoms with E-state index in [1.54, 1.807) is 13.0 Å². The van der Waals surface area contributed by atoms with E-state index in [0.717, 1.165) is 21.4 Å². The van der Waals surface area contributed by atoms with E-state index in [2.05, 4.69) is 0 Å². The van der Waals surface area contributed by atoms with Crippen LogP contribution in [0.25, 0.3) is 10.1 Å². The molecule has 0 bridgehead atoms. The summed E-state index contributed by atoms with van der Waals surface area (Å²) in [5, 5.41) is 1.09. The largest absolute Gasteiger partial charge is 0.488 e. The molecule has 1 unspecified atom stereocenters. The Morgan fingerprint density at radius 3 is 2.92 bits per heavy atom. The van der Waals surface area contributed by atoms with Crippen molar-refractivity contribution < 1.29 is 13.9 Å². The smallest absolute Gasteiger partial charge is 0.339 e. The molecule has 6 heteroatoms. The lowest BCUT2D eigenvalue weighted by molar-refractivity contribution is 0.0777. The number of fused-ring (bicyclic) bond motifs is 1. The minimum absolute atomic E-state index is 0.0380. The summed E-state index contributed by atoms with van der Waals surface area (Å²) in [6.45, 7) is 2.88. The molecule has 5 nitrogen and oxygen atoms in total. The average molecular weight is 355 g/mol. The van der Waals surface area contributed by atoms with Gasteiger partial charge in [-0.25, -0.2) is 4.79 Å². The number of carbonyl (C=O) groups excluding carboxylic acids is 1. The van der Waals surface area contributed by atoms with Crippen LogP contribution in [0.15, 0.2) is 51.7 Å². The fourth-order valence-corrected chi connectivity index (χ4v) is 4.12. The summed E-state index contributed by atoms with van der Waals surface area (Å²) >= 11 is 1.52. The fourth-order valence-electron chi connectivity index (χ4n) is 3.09. The second-order valence-electron chi connectivity index (χ2n) is 6.15. The van der Waals surface area contributed by atoms with Crippen molar-refractivity contribution in [2.45, 2.75) is 19.4 Å². The van der Waals surface area contributed by atoms with Gasteiger partial charge in [-0.15, -0.1) is 11.3 Å². The standard InChI is InChI=1S/C19H17NO4S/c1-12-8-15(10-18(21)23-12)24-14-6-7-20(11-14)19(22)17-9-13-4-2-3-5-16(13)25-17/h2-5,8-10,14H,6-7,11H2,1H3. The van der Waals surface area contributed by atoms with Crippen molar-refractivity contribution >= 4 is 27.3 Å². The molecule has 1 amide bonds. The normalized spacial score (nSPS) is 17.2. The zero-order valence-corrected chi connectivity index (χ0v) is 14.5. The molecular weight excluding hydrogens is 338 g/mol. The zero-order chi connectivity index (χ0) is 17.4. The van der Waals surface area contributed by atoms with E-state index < -0.39 is 5.63 Å². The van der Waals surface area contributed by atoms with E-state index in [9.17, 15) is 9.59 Å². The van der Waals surface area contributed by atoms with Crippen LogP contribution in [0.4, 0.5) is 0 Å². The SMILES string of the molecule is Cc1cc(OC2CCN(C(=O)c3cc4ccccc4s3)C2)cc(=O)o1. The van der Waals surface area contributed by atoms with E-state index in [-0.39, 0.29) is 12.0 Å². The Bertz CT molecular complexity index is 957. The zero-order valence-electron chi connectivity index (χ0n) is 13.7. The Balaban J connectivity index is 1.46. The number of likely N-dealkylation sites (tertiary alicyclic amines) is 1. The minimum Gasteiger partial charge on any atom is -0.488 e. The van der Waals surface area contributed by atoms with Crippen LogP contribution in [0, 0.1) is 6.92 Å². The van der Waals surface area contributed by atoms with Crippen molar-refractivity contribution in [3.63, 3.8) is 0 Å². The Hall–Kier alpha value is -2.60. The molecule has 2 aromatic heterocycles. The number of ether oxygens (including phenoxy) is 1. The highest BCUT2D eigenvalue weighted by Gasteiger charge is 2.29. The van der Waals surface area contributed by atoms with Gasteiger partial charge in [-0.05, 0) is 24.4 Å². The minimum atomic E-state index is -0.425. The number of amides is 1. The third kappa shape index (κ3) is 3.30. The van der Waals surface area contributed by atoms with Crippen molar-refractivity contribution in [1.82, 2.24) is 4.90 Å². The quantitative estimate of drug-likeness (QED) is 0.722. The lowest BCUT2D eigenvalue weighted by atomic mass is 10.2. The predicted molar refractivity (Wildman–Crippen MR) is 96.5 cm³/mol. The third-order valence-corrected chi connectivity index (χ3v) is 5.34. The molecule has 0 aliphatic carbocycles. The van der Waals surface area contributed by atoms with Crippen LogP contribution in [0.3, 0.4) is 0 Å². The lowest BCUT2D eigenvalue weighted by Crippen LogP contribution is -2.30. The first kappa shape index (κ1) is 15.9. The molecule has 1 saturated heterocycles. The van der Waals surface area contributed by atoms with Gasteiger partial charge in [-0.2, -0.15) is 0 Å². The van der Waals surface area contributed by atoms with Gasteiger partial charge in [-0.3, -0.25) is 4.79 Å². The summed E-state index contributed by atoms with van der Waals surface area (Å²) in [5.41, 5.74) is -0.425. The number of hydrogen-bond acceptors (Lipinski definition) is 5. The first-order valence-corrected chi connectivity index (χ1v) is 8.96. The van der Waals surface area contributed by atoms with Gasteiger partial charge in [0, 0.05) is 23.7 Å². The highest BCUT2D eigenvalue weighted by atomic mass is 32.1. The molecule has 1 aliphatic rings. The van der Waals surface area contributed by atoms with Gasteiger partial charge >= 0.3 is 5.63 Å². The average Bonchev–Trinajstić information content (AvgIpc) is 3.19. The Morgan fingerprint density at radius 2 is 2.12 bits per heavy atom. The van der Waals surface area contributed by atoms with E-state index >= 15 is 0 Å². The molecule has 0 radical (unpaired) electrons. The van der Waals surface area contributed by atoms with Crippen LogP contribution in [-0.4, -0.2) is 30.0 Å². The van der Waals surface area contributed by atoms with Gasteiger partial charge in [0.2, 0.25) is 0 Å². The number of carbonyl (C=O) groups is 1. The molecular formula is C19H17NO4S. The molecule has 1 aliphatic heterocycles. The van der Waals surface area contributed by atoms with Crippen molar-refractivity contribution in [3.05, 3.63) is 63.5 Å². The van der Waals surface area contributed by atoms with Crippen LogP contribution >= 0.6 is 11.3 Å². The van der Waals surface area contributed by atoms with Crippen LogP contribution in [0.2, 0.25) is 0 Å². The molecule has 3 aromatic rings. The summed E-state index contributed by atoms with van der Waals surface area (Å²) in [5.74, 6) is 1.05. The summed E-state index contributed by atoms with van der Waals surface area (Å²) < 4.78 is 11.9. The van der Waals surface area contributed by atoms with Gasteiger partial charge in [0.25, 0.3) is 5.91 Å². The number of benzene rings is 1. The van der Waals surface area contributed by atoms with Crippen molar-refractivity contribution in [2.24, 2.45) is 0 Å². The Labute approximate surface area is 148 Å². The second-order valence-corrected chi connectivity index (χ2v) is 7.23. The maximum atomic E-state index is 12.7. The lowest BCUT2D eigenvalue weighted by Gasteiger charge is -2.16. The Kier molecular flexibility index (Phi) is 4.05. The van der Waals surface area contributed by atoms with E-state index in [4.69, 9.17) is 9.15 Å². The fraction of sp³-hybridized carbons (Fsp3) is 0.263. The van der Waals surface area contributed by atoms with Gasteiger partial charge in [0.05, 0.1) is 17.5 Å². The van der Waals surface area contributed by atoms with E-state index in [0.29, 0.717) is 24.6 Å². The van der Waals surface area contributed by atoms with Crippen molar-refractivity contribution in [1.29, 1.82) is 0 Å². The van der Waals surface area contributed by atoms with E-state index in [1.165, 1.54) is 17.4 Å². The summed E-state index contributed by atoms with van der Waals surface area (Å²) in [6, 6.07) is 13.0. The molecule has 0 saturated carbocycles. The molecule has 25 heavy (non-hydrogen) atoms. The topological polar surface area (TPSA) is 59.8 Å². The number of hydrogen-bond donors (Lipinski definition) is 0. The molecule has 4 rings (SSSR count). The molecule has 1 fully saturated rings. The monoisotopic (exact) mass is 355 g/mol. The van der Waals surface area contributed by atoms with Crippen molar-refractivity contribution in [3.8, 4) is 5.75 Å². The van der Waals surface area contributed by atoms with Gasteiger partial charge in [0.1, 0.15) is 17.6 Å². The molecule has 0 N–H and O–H groups in total. The van der Waals surface area contributed by atoms with Crippen LogP contribution in [0.5, 0.6) is 5.75 Å².